The smallest absolute Gasteiger partial charge is 0.393 e. The number of nitrogen functional groups attached to an aromatic ring is 1. The zero-order valence-electron chi connectivity index (χ0n) is 9.77. The molecule has 1 amide bonds. The lowest BCUT2D eigenvalue weighted by atomic mass is 10.1. The van der Waals surface area contributed by atoms with Crippen LogP contribution in [-0.2, 0) is 0 Å². The quantitative estimate of drug-likeness (QED) is 0.518. The van der Waals surface area contributed by atoms with Crippen LogP contribution < -0.4 is 5.73 Å². The number of nitrogens with zero attached hydrogens (tertiary/aromatic N) is 2. The van der Waals surface area contributed by atoms with Crippen LogP contribution in [0.25, 0.3) is 0 Å². The predicted molar refractivity (Wildman–Crippen MR) is 60.5 cm³/mol. The van der Waals surface area contributed by atoms with E-state index in [1.54, 1.807) is 0 Å². The van der Waals surface area contributed by atoms with E-state index >= 15 is 0 Å². The fraction of sp³-hybridized carbons (Fsp3) is 0.300. The summed E-state index contributed by atoms with van der Waals surface area (Å²) in [6, 6.07) is 3.51. The molecule has 6 nitrogen and oxygen atoms in total. The normalized spacial score (nSPS) is 11.2. The van der Waals surface area contributed by atoms with Crippen molar-refractivity contribution in [3.63, 3.8) is 0 Å². The molecule has 0 aliphatic rings. The number of alkyl halides is 3. The van der Waals surface area contributed by atoms with E-state index in [1.807, 2.05) is 0 Å². The molecule has 0 aromatic heterocycles. The summed E-state index contributed by atoms with van der Waals surface area (Å²) < 4.78 is 36.5. The molecule has 104 valence electrons. The summed E-state index contributed by atoms with van der Waals surface area (Å²) >= 11 is 0. The number of anilines is 1. The van der Waals surface area contributed by atoms with Crippen molar-refractivity contribution in [2.45, 2.75) is 6.18 Å². The minimum atomic E-state index is -4.58. The Balaban J connectivity index is 3.13. The summed E-state index contributed by atoms with van der Waals surface area (Å²) in [6.45, 7) is -1.50. The van der Waals surface area contributed by atoms with Gasteiger partial charge in [0.25, 0.3) is 5.91 Å². The van der Waals surface area contributed by atoms with Crippen molar-refractivity contribution in [2.24, 2.45) is 0 Å². The summed E-state index contributed by atoms with van der Waals surface area (Å²) in [6.07, 6.45) is -4.58. The van der Waals surface area contributed by atoms with Gasteiger partial charge in [-0.05, 0) is 12.1 Å². The number of carbonyl (C=O) groups is 1. The monoisotopic (exact) mass is 277 g/mol. The van der Waals surface area contributed by atoms with Crippen LogP contribution >= 0.6 is 0 Å². The first-order valence-electron chi connectivity index (χ1n) is 4.98. The number of amides is 1. The van der Waals surface area contributed by atoms with Gasteiger partial charge in [0.2, 0.25) is 0 Å². The van der Waals surface area contributed by atoms with Gasteiger partial charge < -0.3 is 10.6 Å². The maximum absolute atomic E-state index is 12.2. The number of carbonyl (C=O) groups excluding carboxylic acids is 1. The molecule has 0 aliphatic heterocycles. The molecule has 0 saturated carbocycles. The third-order valence-electron chi connectivity index (χ3n) is 2.24. The third-order valence-corrected chi connectivity index (χ3v) is 2.24. The van der Waals surface area contributed by atoms with E-state index in [-0.39, 0.29) is 5.69 Å². The number of nitro benzene ring substituents is 1. The Morgan fingerprint density at radius 3 is 2.53 bits per heavy atom. The first kappa shape index (κ1) is 14.7. The number of para-hydroxylation sites is 1. The molecular weight excluding hydrogens is 267 g/mol. The molecule has 1 rings (SSSR count). The molecule has 0 spiro atoms. The Bertz CT molecular complexity index is 516. The van der Waals surface area contributed by atoms with Gasteiger partial charge in [-0.1, -0.05) is 6.07 Å². The Labute approximate surface area is 105 Å². The second-order valence-electron chi connectivity index (χ2n) is 3.78. The lowest BCUT2D eigenvalue weighted by Crippen LogP contribution is -2.36. The molecule has 0 fully saturated rings. The summed E-state index contributed by atoms with van der Waals surface area (Å²) in [5.41, 5.74) is 3.90. The van der Waals surface area contributed by atoms with Gasteiger partial charge in [-0.3, -0.25) is 14.9 Å². The van der Waals surface area contributed by atoms with Crippen LogP contribution in [0.1, 0.15) is 10.4 Å². The van der Waals surface area contributed by atoms with Gasteiger partial charge in [-0.25, -0.2) is 0 Å². The van der Waals surface area contributed by atoms with Crippen molar-refractivity contribution in [1.82, 2.24) is 4.90 Å². The Morgan fingerprint density at radius 2 is 2.05 bits per heavy atom. The minimum absolute atomic E-state index is 0.281. The molecule has 1 aromatic rings. The summed E-state index contributed by atoms with van der Waals surface area (Å²) in [5, 5.41) is 10.8. The van der Waals surface area contributed by atoms with E-state index in [1.165, 1.54) is 12.1 Å². The highest BCUT2D eigenvalue weighted by Gasteiger charge is 2.33. The maximum atomic E-state index is 12.2. The lowest BCUT2D eigenvalue weighted by Gasteiger charge is -2.19. The molecule has 9 heteroatoms. The zero-order chi connectivity index (χ0) is 14.8. The van der Waals surface area contributed by atoms with Gasteiger partial charge in [-0.15, -0.1) is 0 Å². The molecule has 0 aliphatic carbocycles. The topological polar surface area (TPSA) is 89.5 Å². The first-order valence-corrected chi connectivity index (χ1v) is 4.98. The third kappa shape index (κ3) is 3.57. The number of benzene rings is 1. The summed E-state index contributed by atoms with van der Waals surface area (Å²) in [5.74, 6) is -1.11. The van der Waals surface area contributed by atoms with Crippen molar-refractivity contribution in [3.05, 3.63) is 33.9 Å². The number of nitrogens with two attached hydrogens (primary N) is 1. The Kier molecular flexibility index (Phi) is 3.98. The Morgan fingerprint density at radius 1 is 1.47 bits per heavy atom. The number of hydrogen-bond donors (Lipinski definition) is 1. The molecular formula is C10H10F3N3O3. The Hall–Kier alpha value is -2.32. The van der Waals surface area contributed by atoms with E-state index in [2.05, 4.69) is 0 Å². The van der Waals surface area contributed by atoms with E-state index in [9.17, 15) is 28.1 Å². The first-order chi connectivity index (χ1) is 8.63. The summed E-state index contributed by atoms with van der Waals surface area (Å²) in [4.78, 5) is 22.0. The van der Waals surface area contributed by atoms with Crippen LogP contribution in [-0.4, -0.2) is 35.5 Å². The minimum Gasteiger partial charge on any atom is -0.393 e. The van der Waals surface area contributed by atoms with Crippen molar-refractivity contribution in [1.29, 1.82) is 0 Å². The molecule has 0 bridgehead atoms. The highest BCUT2D eigenvalue weighted by Crippen LogP contribution is 2.27. The molecule has 2 N–H and O–H groups in total. The number of nitro groups is 1. The molecule has 0 atom stereocenters. The van der Waals surface area contributed by atoms with E-state index in [0.717, 1.165) is 13.1 Å². The molecule has 19 heavy (non-hydrogen) atoms. The second-order valence-corrected chi connectivity index (χ2v) is 3.78. The maximum Gasteiger partial charge on any atom is 0.406 e. The summed E-state index contributed by atoms with van der Waals surface area (Å²) in [7, 11) is 0.905. The fourth-order valence-corrected chi connectivity index (χ4v) is 1.48. The molecule has 0 unspecified atom stereocenters. The predicted octanol–water partition coefficient (Wildman–Crippen LogP) is 1.81. The fourth-order valence-electron chi connectivity index (χ4n) is 1.48. The van der Waals surface area contributed by atoms with Crippen LogP contribution in [0.2, 0.25) is 0 Å². The largest absolute Gasteiger partial charge is 0.406 e. The van der Waals surface area contributed by atoms with E-state index in [0.29, 0.717) is 4.90 Å². The molecule has 0 saturated heterocycles. The molecule has 0 heterocycles. The van der Waals surface area contributed by atoms with Crippen LogP contribution in [0.4, 0.5) is 24.5 Å². The average molecular weight is 277 g/mol. The highest BCUT2D eigenvalue weighted by molar-refractivity contribution is 6.00. The average Bonchev–Trinajstić information content (AvgIpc) is 2.24. The van der Waals surface area contributed by atoms with Crippen LogP contribution in [0.5, 0.6) is 0 Å². The van der Waals surface area contributed by atoms with Gasteiger partial charge in [0.15, 0.2) is 0 Å². The van der Waals surface area contributed by atoms with Crippen molar-refractivity contribution < 1.29 is 22.9 Å². The van der Waals surface area contributed by atoms with Gasteiger partial charge in [0.05, 0.1) is 4.92 Å². The standard InChI is InChI=1S/C10H10F3N3O3/c1-15(5-10(11,12)13)9(17)6-3-2-4-7(14)8(6)16(18)19/h2-4H,5,14H2,1H3. The number of hydrogen-bond acceptors (Lipinski definition) is 4. The van der Waals surface area contributed by atoms with Crippen molar-refractivity contribution in [3.8, 4) is 0 Å². The highest BCUT2D eigenvalue weighted by atomic mass is 19.4. The van der Waals surface area contributed by atoms with Gasteiger partial charge in [-0.2, -0.15) is 13.2 Å². The van der Waals surface area contributed by atoms with E-state index < -0.39 is 34.8 Å². The molecule has 1 aromatic carbocycles. The van der Waals surface area contributed by atoms with Gasteiger partial charge in [0, 0.05) is 7.05 Å². The van der Waals surface area contributed by atoms with Gasteiger partial charge in [0.1, 0.15) is 17.8 Å². The number of halogens is 3. The second kappa shape index (κ2) is 5.12. The zero-order valence-corrected chi connectivity index (χ0v) is 9.77. The van der Waals surface area contributed by atoms with Crippen LogP contribution in [0.3, 0.4) is 0 Å². The van der Waals surface area contributed by atoms with Gasteiger partial charge >= 0.3 is 11.9 Å². The van der Waals surface area contributed by atoms with E-state index in [4.69, 9.17) is 5.73 Å². The van der Waals surface area contributed by atoms with Crippen LogP contribution in [0, 0.1) is 10.1 Å². The van der Waals surface area contributed by atoms with Crippen LogP contribution in [0.15, 0.2) is 18.2 Å². The van der Waals surface area contributed by atoms with Crippen molar-refractivity contribution in [2.75, 3.05) is 19.3 Å². The number of rotatable bonds is 3. The lowest BCUT2D eigenvalue weighted by molar-refractivity contribution is -0.384. The van der Waals surface area contributed by atoms with Crippen molar-refractivity contribution >= 4 is 17.3 Å². The SMILES string of the molecule is CN(CC(F)(F)F)C(=O)c1cccc(N)c1[N+](=O)[O-]. The molecule has 0 radical (unpaired) electrons.